The number of amides is 2. The van der Waals surface area contributed by atoms with Gasteiger partial charge >= 0.3 is 5.97 Å². The molecule has 0 heterocycles. The Morgan fingerprint density at radius 2 is 1.86 bits per heavy atom. The van der Waals surface area contributed by atoms with Crippen LogP contribution in [-0.2, 0) is 9.59 Å². The van der Waals surface area contributed by atoms with Crippen LogP contribution in [0.3, 0.4) is 0 Å². The second-order valence-corrected chi connectivity index (χ2v) is 4.91. The Labute approximate surface area is 121 Å². The molecule has 0 aliphatic heterocycles. The Morgan fingerprint density at radius 1 is 1.24 bits per heavy atom. The molecule has 1 aromatic carbocycles. The third kappa shape index (κ3) is 4.55. The molecule has 0 saturated heterocycles. The fourth-order valence-electron chi connectivity index (χ4n) is 1.71. The second-order valence-electron chi connectivity index (χ2n) is 4.91. The highest BCUT2D eigenvalue weighted by atomic mass is 19.1. The minimum atomic E-state index is -1.20. The molecule has 3 N–H and O–H groups in total. The molecule has 21 heavy (non-hydrogen) atoms. The lowest BCUT2D eigenvalue weighted by molar-refractivity contribution is -0.140. The zero-order valence-corrected chi connectivity index (χ0v) is 11.9. The maximum absolute atomic E-state index is 13.7. The van der Waals surface area contributed by atoms with Gasteiger partial charge in [-0.15, -0.1) is 0 Å². The molecule has 0 fully saturated rings. The smallest absolute Gasteiger partial charge is 0.326 e. The first-order valence-electron chi connectivity index (χ1n) is 6.33. The molecule has 6 nitrogen and oxygen atoms in total. The second kappa shape index (κ2) is 6.83. The van der Waals surface area contributed by atoms with E-state index in [2.05, 4.69) is 10.6 Å². The highest BCUT2D eigenvalue weighted by molar-refractivity contribution is 5.98. The molecule has 1 rings (SSSR count). The lowest BCUT2D eigenvalue weighted by atomic mass is 10.0. The molecule has 1 atom stereocenters. The first-order valence-corrected chi connectivity index (χ1v) is 6.33. The number of carbonyl (C=O) groups is 3. The first kappa shape index (κ1) is 16.6. The van der Waals surface area contributed by atoms with Gasteiger partial charge in [0.1, 0.15) is 11.9 Å². The number of carbonyl (C=O) groups excluding carboxylic acids is 2. The summed E-state index contributed by atoms with van der Waals surface area (Å²) < 4.78 is 13.7. The Kier molecular flexibility index (Phi) is 5.40. The maximum Gasteiger partial charge on any atom is 0.326 e. The van der Waals surface area contributed by atoms with Crippen molar-refractivity contribution in [3.8, 4) is 0 Å². The largest absolute Gasteiger partial charge is 0.480 e. The van der Waals surface area contributed by atoms with E-state index in [0.29, 0.717) is 0 Å². The molecular formula is C14H17FN2O4. The topological polar surface area (TPSA) is 95.5 Å². The van der Waals surface area contributed by atoms with E-state index in [0.717, 1.165) is 12.1 Å². The van der Waals surface area contributed by atoms with E-state index in [1.54, 1.807) is 13.8 Å². The molecule has 0 saturated carbocycles. The van der Waals surface area contributed by atoms with E-state index < -0.39 is 23.7 Å². The van der Waals surface area contributed by atoms with Crippen LogP contribution in [0.1, 0.15) is 31.1 Å². The number of hydrogen-bond donors (Lipinski definition) is 3. The zero-order chi connectivity index (χ0) is 16.2. The Morgan fingerprint density at radius 3 is 2.33 bits per heavy atom. The minimum absolute atomic E-state index is 0.255. The van der Waals surface area contributed by atoms with Crippen LogP contribution in [0.2, 0.25) is 0 Å². The molecule has 0 unspecified atom stereocenters. The SMILES string of the molecule is CC(=O)Nc1ccc(F)c(C(=O)N[C@H](C(=O)O)C(C)C)c1. The van der Waals surface area contributed by atoms with E-state index in [1.165, 1.54) is 13.0 Å². The van der Waals surface area contributed by atoms with E-state index in [1.807, 2.05) is 0 Å². The van der Waals surface area contributed by atoms with Crippen molar-refractivity contribution in [2.24, 2.45) is 5.92 Å². The molecule has 1 aromatic rings. The number of halogens is 1. The predicted molar refractivity (Wildman–Crippen MR) is 74.4 cm³/mol. The number of hydrogen-bond acceptors (Lipinski definition) is 3. The van der Waals surface area contributed by atoms with E-state index in [-0.39, 0.29) is 23.1 Å². The van der Waals surface area contributed by atoms with Crippen molar-refractivity contribution in [1.29, 1.82) is 0 Å². The number of rotatable bonds is 5. The van der Waals surface area contributed by atoms with Gasteiger partial charge in [-0.25, -0.2) is 9.18 Å². The summed E-state index contributed by atoms with van der Waals surface area (Å²) in [5.41, 5.74) is -0.0707. The quantitative estimate of drug-likeness (QED) is 0.769. The normalized spacial score (nSPS) is 11.9. The van der Waals surface area contributed by atoms with Gasteiger partial charge in [0.25, 0.3) is 5.91 Å². The monoisotopic (exact) mass is 296 g/mol. The van der Waals surface area contributed by atoms with Crippen molar-refractivity contribution < 1.29 is 23.9 Å². The number of carboxylic acids is 1. The highest BCUT2D eigenvalue weighted by Gasteiger charge is 2.25. The van der Waals surface area contributed by atoms with Gasteiger partial charge in [-0.1, -0.05) is 13.8 Å². The molecule has 0 aliphatic carbocycles. The Bertz CT molecular complexity index is 572. The summed E-state index contributed by atoms with van der Waals surface area (Å²) in [6.45, 7) is 4.54. The fraction of sp³-hybridized carbons (Fsp3) is 0.357. The number of nitrogens with one attached hydrogen (secondary N) is 2. The van der Waals surface area contributed by atoms with Crippen LogP contribution in [0.25, 0.3) is 0 Å². The number of benzene rings is 1. The number of carboxylic acid groups (broad SMARTS) is 1. The van der Waals surface area contributed by atoms with Crippen LogP contribution in [0.15, 0.2) is 18.2 Å². The summed E-state index contributed by atoms with van der Waals surface area (Å²) in [5, 5.41) is 13.7. The van der Waals surface area contributed by atoms with Gasteiger partial charge in [-0.05, 0) is 24.1 Å². The summed E-state index contributed by atoms with van der Waals surface area (Å²) in [7, 11) is 0. The fourth-order valence-corrected chi connectivity index (χ4v) is 1.71. The van der Waals surface area contributed by atoms with Gasteiger partial charge in [0.2, 0.25) is 5.91 Å². The highest BCUT2D eigenvalue weighted by Crippen LogP contribution is 2.15. The van der Waals surface area contributed by atoms with Crippen LogP contribution < -0.4 is 10.6 Å². The molecule has 7 heteroatoms. The van der Waals surface area contributed by atoms with Gasteiger partial charge in [-0.2, -0.15) is 0 Å². The Hall–Kier alpha value is -2.44. The van der Waals surface area contributed by atoms with Gasteiger partial charge in [0, 0.05) is 12.6 Å². The van der Waals surface area contributed by atoms with Crippen molar-refractivity contribution >= 4 is 23.5 Å². The third-order valence-electron chi connectivity index (χ3n) is 2.75. The van der Waals surface area contributed by atoms with Crippen LogP contribution in [0, 0.1) is 11.7 Å². The van der Waals surface area contributed by atoms with Crippen molar-refractivity contribution in [1.82, 2.24) is 5.32 Å². The molecular weight excluding hydrogens is 279 g/mol. The van der Waals surface area contributed by atoms with Crippen LogP contribution in [0.5, 0.6) is 0 Å². The summed E-state index contributed by atoms with van der Waals surface area (Å²) in [4.78, 5) is 34.0. The molecule has 0 radical (unpaired) electrons. The lowest BCUT2D eigenvalue weighted by Crippen LogP contribution is -2.44. The standard InChI is InChI=1S/C14H17FN2O4/c1-7(2)12(14(20)21)17-13(19)10-6-9(16-8(3)18)4-5-11(10)15/h4-7,12H,1-3H3,(H,16,18)(H,17,19)(H,20,21)/t12-/m0/s1. The van der Waals surface area contributed by atoms with Crippen molar-refractivity contribution in [3.63, 3.8) is 0 Å². The van der Waals surface area contributed by atoms with Crippen molar-refractivity contribution in [3.05, 3.63) is 29.6 Å². The van der Waals surface area contributed by atoms with E-state index >= 15 is 0 Å². The molecule has 2 amide bonds. The van der Waals surface area contributed by atoms with Crippen LogP contribution in [-0.4, -0.2) is 28.9 Å². The first-order chi connectivity index (χ1) is 9.72. The van der Waals surface area contributed by atoms with Crippen molar-refractivity contribution in [2.45, 2.75) is 26.8 Å². The number of anilines is 1. The van der Waals surface area contributed by atoms with Gasteiger partial charge in [0.05, 0.1) is 5.56 Å². The van der Waals surface area contributed by atoms with Gasteiger partial charge < -0.3 is 15.7 Å². The number of aliphatic carboxylic acids is 1. The van der Waals surface area contributed by atoms with Crippen molar-refractivity contribution in [2.75, 3.05) is 5.32 Å². The maximum atomic E-state index is 13.7. The summed E-state index contributed by atoms with van der Waals surface area (Å²) >= 11 is 0. The molecule has 0 bridgehead atoms. The predicted octanol–water partition coefficient (Wildman–Crippen LogP) is 1.62. The summed E-state index contributed by atoms with van der Waals surface area (Å²) in [5.74, 6) is -3.56. The van der Waals surface area contributed by atoms with E-state index in [9.17, 15) is 18.8 Å². The molecule has 0 spiro atoms. The summed E-state index contributed by atoms with van der Waals surface area (Å²) in [6, 6.07) is 2.38. The molecule has 114 valence electrons. The average molecular weight is 296 g/mol. The summed E-state index contributed by atoms with van der Waals surface area (Å²) in [6.07, 6.45) is 0. The third-order valence-corrected chi connectivity index (χ3v) is 2.75. The average Bonchev–Trinajstić information content (AvgIpc) is 2.36. The zero-order valence-electron chi connectivity index (χ0n) is 11.9. The lowest BCUT2D eigenvalue weighted by Gasteiger charge is -2.18. The molecule has 0 aromatic heterocycles. The van der Waals surface area contributed by atoms with Crippen LogP contribution >= 0.6 is 0 Å². The van der Waals surface area contributed by atoms with E-state index in [4.69, 9.17) is 5.11 Å². The van der Waals surface area contributed by atoms with Crippen LogP contribution in [0.4, 0.5) is 10.1 Å². The molecule has 0 aliphatic rings. The van der Waals surface area contributed by atoms with Gasteiger partial charge in [0.15, 0.2) is 0 Å². The minimum Gasteiger partial charge on any atom is -0.480 e. The van der Waals surface area contributed by atoms with Gasteiger partial charge in [-0.3, -0.25) is 9.59 Å². The Balaban J connectivity index is 3.00.